The van der Waals surface area contributed by atoms with E-state index in [1.807, 2.05) is 24.3 Å². The van der Waals surface area contributed by atoms with Crippen LogP contribution in [0.15, 0.2) is 24.3 Å². The second-order valence-electron chi connectivity index (χ2n) is 4.26. The molecule has 0 fully saturated rings. The summed E-state index contributed by atoms with van der Waals surface area (Å²) in [4.78, 5) is 0. The highest BCUT2D eigenvalue weighted by Crippen LogP contribution is 2.28. The summed E-state index contributed by atoms with van der Waals surface area (Å²) < 4.78 is 25.8. The maximum Gasteiger partial charge on any atom is 0.236 e. The third-order valence-corrected chi connectivity index (χ3v) is 4.83. The maximum atomic E-state index is 12.1. The lowest BCUT2D eigenvalue weighted by atomic mass is 10.1. The van der Waals surface area contributed by atoms with Crippen LogP contribution in [-0.4, -0.2) is 27.3 Å². The Hall–Kier alpha value is -1.07. The number of anilines is 1. The lowest BCUT2D eigenvalue weighted by Gasteiger charge is -2.24. The predicted molar refractivity (Wildman–Crippen MR) is 69.6 cm³/mol. The fraction of sp³-hybridized carbons (Fsp3) is 0.500. The zero-order valence-corrected chi connectivity index (χ0v) is 10.6. The van der Waals surface area contributed by atoms with E-state index in [9.17, 15) is 8.42 Å². The molecule has 1 aliphatic heterocycles. The summed E-state index contributed by atoms with van der Waals surface area (Å²) in [6.45, 7) is 0.736. The molecule has 0 amide bonds. The van der Waals surface area contributed by atoms with Crippen molar-refractivity contribution in [2.24, 2.45) is 5.73 Å². The topological polar surface area (TPSA) is 63.4 Å². The zero-order chi connectivity index (χ0) is 12.3. The Labute approximate surface area is 102 Å². The number of rotatable bonds is 3. The van der Waals surface area contributed by atoms with Crippen LogP contribution in [0.1, 0.15) is 18.4 Å². The largest absolute Gasteiger partial charge is 0.329 e. The highest BCUT2D eigenvalue weighted by atomic mass is 32.2. The van der Waals surface area contributed by atoms with Gasteiger partial charge in [0.05, 0.1) is 11.4 Å². The maximum absolute atomic E-state index is 12.1. The molecule has 0 radical (unpaired) electrons. The minimum absolute atomic E-state index is 0.0152. The van der Waals surface area contributed by atoms with Gasteiger partial charge in [0.2, 0.25) is 10.0 Å². The van der Waals surface area contributed by atoms with Crippen LogP contribution < -0.4 is 10.0 Å². The molecule has 2 N–H and O–H groups in total. The quantitative estimate of drug-likeness (QED) is 0.879. The molecule has 1 aliphatic rings. The van der Waals surface area contributed by atoms with Crippen molar-refractivity contribution >= 4 is 15.7 Å². The Morgan fingerprint density at radius 3 is 2.76 bits per heavy atom. The van der Waals surface area contributed by atoms with Gasteiger partial charge in [-0.2, -0.15) is 0 Å². The molecule has 1 heterocycles. The van der Waals surface area contributed by atoms with Crippen LogP contribution in [-0.2, 0) is 16.4 Å². The van der Waals surface area contributed by atoms with Gasteiger partial charge in [0, 0.05) is 13.1 Å². The van der Waals surface area contributed by atoms with Gasteiger partial charge in [-0.25, -0.2) is 8.42 Å². The molecule has 0 saturated heterocycles. The molecular formula is C12H18N2O2S. The first-order chi connectivity index (χ1) is 8.15. The van der Waals surface area contributed by atoms with Crippen molar-refractivity contribution in [3.05, 3.63) is 29.8 Å². The first-order valence-electron chi connectivity index (χ1n) is 5.93. The molecule has 0 aromatic heterocycles. The van der Waals surface area contributed by atoms with Crippen LogP contribution in [0.25, 0.3) is 0 Å². The summed E-state index contributed by atoms with van der Waals surface area (Å²) in [6, 6.07) is 7.73. The monoisotopic (exact) mass is 254 g/mol. The van der Waals surface area contributed by atoms with Gasteiger partial charge in [0.25, 0.3) is 0 Å². The molecule has 17 heavy (non-hydrogen) atoms. The minimum Gasteiger partial charge on any atom is -0.329 e. The fourth-order valence-electron chi connectivity index (χ4n) is 2.20. The van der Waals surface area contributed by atoms with E-state index >= 15 is 0 Å². The second kappa shape index (κ2) is 5.06. The van der Waals surface area contributed by atoms with Crippen LogP contribution in [0.5, 0.6) is 0 Å². The van der Waals surface area contributed by atoms with Crippen molar-refractivity contribution in [2.75, 3.05) is 23.1 Å². The summed E-state index contributed by atoms with van der Waals surface area (Å²) in [7, 11) is -3.26. The van der Waals surface area contributed by atoms with Crippen molar-refractivity contribution in [1.29, 1.82) is 0 Å². The van der Waals surface area contributed by atoms with Crippen molar-refractivity contribution in [3.63, 3.8) is 0 Å². The van der Waals surface area contributed by atoms with E-state index in [1.165, 1.54) is 4.31 Å². The van der Waals surface area contributed by atoms with Gasteiger partial charge in [-0.15, -0.1) is 0 Å². The summed E-state index contributed by atoms with van der Waals surface area (Å²) >= 11 is 0. The van der Waals surface area contributed by atoms with Gasteiger partial charge in [0.1, 0.15) is 0 Å². The van der Waals surface area contributed by atoms with E-state index in [1.54, 1.807) is 0 Å². The van der Waals surface area contributed by atoms with Gasteiger partial charge in [-0.05, 0) is 30.9 Å². The third-order valence-electron chi connectivity index (χ3n) is 3.03. The summed E-state index contributed by atoms with van der Waals surface area (Å²) in [6.07, 6.45) is 2.88. The number of aryl methyl sites for hydroxylation is 1. The Balaban J connectivity index is 2.41. The molecule has 2 rings (SSSR count). The van der Waals surface area contributed by atoms with E-state index in [4.69, 9.17) is 5.73 Å². The molecule has 4 nitrogen and oxygen atoms in total. The van der Waals surface area contributed by atoms with E-state index < -0.39 is 10.0 Å². The summed E-state index contributed by atoms with van der Waals surface area (Å²) in [5.41, 5.74) is 7.32. The molecule has 1 aromatic rings. The molecular weight excluding hydrogens is 236 g/mol. The van der Waals surface area contributed by atoms with Crippen LogP contribution in [0, 0.1) is 0 Å². The smallest absolute Gasteiger partial charge is 0.236 e. The van der Waals surface area contributed by atoms with E-state index in [-0.39, 0.29) is 12.3 Å². The van der Waals surface area contributed by atoms with Crippen LogP contribution in [0.2, 0.25) is 0 Å². The molecule has 0 aliphatic carbocycles. The molecule has 0 unspecified atom stereocenters. The standard InChI is InChI=1S/C12H18N2O2S/c13-8-10-17(15,16)14-9-4-3-6-11-5-1-2-7-12(11)14/h1-2,5,7H,3-4,6,8-10,13H2. The van der Waals surface area contributed by atoms with Crippen LogP contribution in [0.4, 0.5) is 5.69 Å². The van der Waals surface area contributed by atoms with E-state index in [0.717, 1.165) is 30.5 Å². The average Bonchev–Trinajstić information content (AvgIpc) is 2.51. The second-order valence-corrected chi connectivity index (χ2v) is 6.28. The molecule has 5 heteroatoms. The highest BCUT2D eigenvalue weighted by Gasteiger charge is 2.24. The number of fused-ring (bicyclic) bond motifs is 1. The van der Waals surface area contributed by atoms with Crippen molar-refractivity contribution < 1.29 is 8.42 Å². The lowest BCUT2D eigenvalue weighted by molar-refractivity contribution is 0.589. The molecule has 0 bridgehead atoms. The SMILES string of the molecule is NCCS(=O)(=O)N1CCCCc2ccccc21. The van der Waals surface area contributed by atoms with Crippen molar-refractivity contribution in [1.82, 2.24) is 0 Å². The number of sulfonamides is 1. The van der Waals surface area contributed by atoms with Gasteiger partial charge in [-0.1, -0.05) is 18.2 Å². The Bertz CT molecular complexity index is 485. The normalized spacial score (nSPS) is 16.4. The Kier molecular flexibility index (Phi) is 3.69. The van der Waals surface area contributed by atoms with Crippen LogP contribution >= 0.6 is 0 Å². The number of para-hydroxylation sites is 1. The molecule has 0 atom stereocenters. The summed E-state index contributed by atoms with van der Waals surface area (Å²) in [5, 5.41) is 0. The van der Waals surface area contributed by atoms with Crippen molar-refractivity contribution in [2.45, 2.75) is 19.3 Å². The fourth-order valence-corrected chi connectivity index (χ4v) is 3.61. The van der Waals surface area contributed by atoms with E-state index in [0.29, 0.717) is 6.54 Å². The highest BCUT2D eigenvalue weighted by molar-refractivity contribution is 7.92. The number of hydrogen-bond acceptors (Lipinski definition) is 3. The number of nitrogens with two attached hydrogens (primary N) is 1. The molecule has 0 saturated carbocycles. The average molecular weight is 254 g/mol. The molecule has 0 spiro atoms. The van der Waals surface area contributed by atoms with Gasteiger partial charge in [-0.3, -0.25) is 4.31 Å². The summed E-state index contributed by atoms with van der Waals surface area (Å²) in [5.74, 6) is 0.0152. The first-order valence-corrected chi connectivity index (χ1v) is 7.54. The third kappa shape index (κ3) is 2.61. The first kappa shape index (κ1) is 12.4. The molecule has 94 valence electrons. The number of nitrogens with zero attached hydrogens (tertiary/aromatic N) is 1. The van der Waals surface area contributed by atoms with Gasteiger partial charge >= 0.3 is 0 Å². The molecule has 1 aromatic carbocycles. The zero-order valence-electron chi connectivity index (χ0n) is 9.80. The number of hydrogen-bond donors (Lipinski definition) is 1. The van der Waals surface area contributed by atoms with Crippen LogP contribution in [0.3, 0.4) is 0 Å². The van der Waals surface area contributed by atoms with Crippen molar-refractivity contribution in [3.8, 4) is 0 Å². The Morgan fingerprint density at radius 2 is 2.00 bits per heavy atom. The lowest BCUT2D eigenvalue weighted by Crippen LogP contribution is -2.36. The minimum atomic E-state index is -3.26. The van der Waals surface area contributed by atoms with Gasteiger partial charge < -0.3 is 5.73 Å². The van der Waals surface area contributed by atoms with E-state index in [2.05, 4.69) is 0 Å². The predicted octanol–water partition coefficient (Wildman–Crippen LogP) is 1.12. The van der Waals surface area contributed by atoms with Gasteiger partial charge in [0.15, 0.2) is 0 Å². The Morgan fingerprint density at radius 1 is 1.24 bits per heavy atom. The number of benzene rings is 1.